The Bertz CT molecular complexity index is 1240. The lowest BCUT2D eigenvalue weighted by molar-refractivity contribution is 0.0963. The largest absolute Gasteiger partial charge is 0.494 e. The summed E-state index contributed by atoms with van der Waals surface area (Å²) in [5.41, 5.74) is 1.87. The fraction of sp³-hybridized carbons (Fsp3) is 0.125. The molecule has 10 heteroatoms. The number of anilines is 3. The number of hydrogen-bond donors (Lipinski definition) is 3. The van der Waals surface area contributed by atoms with Crippen molar-refractivity contribution in [2.75, 3.05) is 24.8 Å². The predicted molar refractivity (Wildman–Crippen MR) is 131 cm³/mol. The van der Waals surface area contributed by atoms with Crippen LogP contribution < -0.4 is 20.7 Å². The van der Waals surface area contributed by atoms with Gasteiger partial charge in [-0.1, -0.05) is 18.7 Å². The predicted octanol–water partition coefficient (Wildman–Crippen LogP) is 4.32. The van der Waals surface area contributed by atoms with Gasteiger partial charge in [0.15, 0.2) is 17.4 Å². The summed E-state index contributed by atoms with van der Waals surface area (Å²) in [6.45, 7) is 5.47. The Morgan fingerprint density at radius 1 is 1.18 bits per heavy atom. The van der Waals surface area contributed by atoms with Gasteiger partial charge in [-0.3, -0.25) is 4.79 Å². The van der Waals surface area contributed by atoms with E-state index in [1.165, 1.54) is 20.4 Å². The lowest BCUT2D eigenvalue weighted by Gasteiger charge is -2.17. The molecule has 0 radical (unpaired) electrons. The van der Waals surface area contributed by atoms with Gasteiger partial charge in [0.1, 0.15) is 11.6 Å². The Labute approximate surface area is 196 Å². The number of allylic oxidation sites excluding steroid dienone is 2. The molecule has 9 nitrogen and oxygen atoms in total. The number of carbonyl (C=O) groups excluding carboxylic acids is 1. The molecule has 2 aromatic heterocycles. The van der Waals surface area contributed by atoms with Crippen LogP contribution in [-0.2, 0) is 0 Å². The molecule has 0 aliphatic rings. The maximum Gasteiger partial charge on any atom is 0.254 e. The van der Waals surface area contributed by atoms with Crippen LogP contribution in [-0.4, -0.2) is 41.2 Å². The second-order valence-electron chi connectivity index (χ2n) is 6.73. The average molecular weight is 462 g/mol. The molecule has 3 aromatic rings. The van der Waals surface area contributed by atoms with Gasteiger partial charge in [0.2, 0.25) is 0 Å². The van der Waals surface area contributed by atoms with E-state index in [0.29, 0.717) is 45.7 Å². The number of para-hydroxylation sites is 1. The van der Waals surface area contributed by atoms with Gasteiger partial charge in [-0.05, 0) is 25.1 Å². The first kappa shape index (κ1) is 24.1. The summed E-state index contributed by atoms with van der Waals surface area (Å²) in [6, 6.07) is 6.98. The second-order valence-corrected chi connectivity index (χ2v) is 6.73. The highest BCUT2D eigenvalue weighted by Crippen LogP contribution is 2.37. The molecule has 0 bridgehead atoms. The van der Waals surface area contributed by atoms with Crippen molar-refractivity contribution in [2.45, 2.75) is 6.92 Å². The zero-order valence-electron chi connectivity index (χ0n) is 19.0. The molecule has 0 aliphatic carbocycles. The van der Waals surface area contributed by atoms with Gasteiger partial charge >= 0.3 is 0 Å². The number of aromatic nitrogens is 3. The number of methoxy groups -OCH3 is 1. The van der Waals surface area contributed by atoms with E-state index >= 15 is 0 Å². The first-order chi connectivity index (χ1) is 16.5. The Hall–Kier alpha value is -4.60. The zero-order chi connectivity index (χ0) is 24.5. The van der Waals surface area contributed by atoms with Crippen molar-refractivity contribution in [3.05, 3.63) is 78.8 Å². The van der Waals surface area contributed by atoms with Crippen molar-refractivity contribution in [1.29, 1.82) is 0 Å². The minimum absolute atomic E-state index is 0.294. The summed E-state index contributed by atoms with van der Waals surface area (Å²) in [5, 5.41) is 8.92. The third-order valence-electron chi connectivity index (χ3n) is 4.53. The fourth-order valence-electron chi connectivity index (χ4n) is 3.07. The first-order valence-electron chi connectivity index (χ1n) is 10.2. The standard InChI is InChI=1S/C24H24FN7O2/c1-5-8-20(27-6-2)32-21-11-19(17(14-28-21)24(33)26-3)31-18-10-7-9-16(22(18)34-4)23-29-12-15(25)13-30-23/h5-14H,1H2,2-4H3,(H,26,33)(H2,28,31,32)/b20-8+,27-6?. The maximum atomic E-state index is 13.3. The summed E-state index contributed by atoms with van der Waals surface area (Å²) >= 11 is 0. The summed E-state index contributed by atoms with van der Waals surface area (Å²) in [4.78, 5) is 29.1. The average Bonchev–Trinajstić information content (AvgIpc) is 2.84. The van der Waals surface area contributed by atoms with Crippen LogP contribution in [0.25, 0.3) is 11.4 Å². The number of amides is 1. The number of pyridine rings is 1. The molecule has 0 aliphatic heterocycles. The quantitative estimate of drug-likeness (QED) is 0.321. The van der Waals surface area contributed by atoms with Gasteiger partial charge in [-0.15, -0.1) is 0 Å². The number of nitrogens with zero attached hydrogens (tertiary/aromatic N) is 4. The number of nitrogens with one attached hydrogen (secondary N) is 3. The van der Waals surface area contributed by atoms with Crippen LogP contribution in [0.15, 0.2) is 72.4 Å². The molecule has 0 atom stereocenters. The molecule has 0 fully saturated rings. The Morgan fingerprint density at radius 3 is 2.59 bits per heavy atom. The van der Waals surface area contributed by atoms with Crippen molar-refractivity contribution < 1.29 is 13.9 Å². The second kappa shape index (κ2) is 11.3. The summed E-state index contributed by atoms with van der Waals surface area (Å²) < 4.78 is 18.9. The van der Waals surface area contributed by atoms with Crippen LogP contribution in [0.2, 0.25) is 0 Å². The van der Waals surface area contributed by atoms with Gasteiger partial charge in [0, 0.05) is 25.5 Å². The van der Waals surface area contributed by atoms with Crippen LogP contribution in [0, 0.1) is 5.82 Å². The summed E-state index contributed by atoms with van der Waals surface area (Å²) in [7, 11) is 3.04. The highest BCUT2D eigenvalue weighted by Gasteiger charge is 2.17. The lowest BCUT2D eigenvalue weighted by atomic mass is 10.1. The molecule has 0 spiro atoms. The molecule has 0 unspecified atom stereocenters. The molecular weight excluding hydrogens is 437 g/mol. The summed E-state index contributed by atoms with van der Waals surface area (Å²) in [6.07, 6.45) is 8.54. The van der Waals surface area contributed by atoms with Crippen molar-refractivity contribution in [3.8, 4) is 17.1 Å². The van der Waals surface area contributed by atoms with E-state index < -0.39 is 5.82 Å². The fourth-order valence-corrected chi connectivity index (χ4v) is 3.07. The number of rotatable bonds is 9. The molecule has 2 heterocycles. The Kier molecular flexibility index (Phi) is 8.01. The van der Waals surface area contributed by atoms with Gasteiger partial charge in [-0.2, -0.15) is 0 Å². The zero-order valence-corrected chi connectivity index (χ0v) is 19.0. The minimum atomic E-state index is -0.540. The van der Waals surface area contributed by atoms with Crippen molar-refractivity contribution >= 4 is 29.3 Å². The van der Waals surface area contributed by atoms with Crippen molar-refractivity contribution in [3.63, 3.8) is 0 Å². The van der Waals surface area contributed by atoms with Gasteiger partial charge in [0.25, 0.3) is 5.91 Å². The summed E-state index contributed by atoms with van der Waals surface area (Å²) in [5.74, 6) is 0.823. The number of ether oxygens (including phenoxy) is 1. The third-order valence-corrected chi connectivity index (χ3v) is 4.53. The van der Waals surface area contributed by atoms with Crippen LogP contribution >= 0.6 is 0 Å². The molecule has 34 heavy (non-hydrogen) atoms. The molecule has 3 rings (SSSR count). The molecule has 174 valence electrons. The van der Waals surface area contributed by atoms with E-state index in [4.69, 9.17) is 4.74 Å². The number of aliphatic imine (C=N–C) groups is 1. The van der Waals surface area contributed by atoms with Crippen molar-refractivity contribution in [1.82, 2.24) is 20.3 Å². The topological polar surface area (TPSA) is 113 Å². The van der Waals surface area contributed by atoms with E-state index in [2.05, 4.69) is 42.5 Å². The van der Waals surface area contributed by atoms with E-state index in [9.17, 15) is 9.18 Å². The normalized spacial score (nSPS) is 11.2. The molecule has 1 aromatic carbocycles. The first-order valence-corrected chi connectivity index (χ1v) is 10.2. The van der Waals surface area contributed by atoms with Gasteiger partial charge in [0.05, 0.1) is 42.0 Å². The lowest BCUT2D eigenvalue weighted by Crippen LogP contribution is -2.19. The van der Waals surface area contributed by atoms with E-state index in [1.54, 1.807) is 49.6 Å². The van der Waals surface area contributed by atoms with Crippen LogP contribution in [0.1, 0.15) is 17.3 Å². The number of hydrogen-bond acceptors (Lipinski definition) is 8. The minimum Gasteiger partial charge on any atom is -0.494 e. The van der Waals surface area contributed by atoms with Crippen LogP contribution in [0.4, 0.5) is 21.6 Å². The van der Waals surface area contributed by atoms with E-state index in [1.807, 2.05) is 0 Å². The monoisotopic (exact) mass is 461 g/mol. The molecular formula is C24H24FN7O2. The Balaban J connectivity index is 2.05. The highest BCUT2D eigenvalue weighted by atomic mass is 19.1. The molecule has 3 N–H and O–H groups in total. The third kappa shape index (κ3) is 5.60. The van der Waals surface area contributed by atoms with E-state index in [-0.39, 0.29) is 5.91 Å². The van der Waals surface area contributed by atoms with Crippen LogP contribution in [0.5, 0.6) is 5.75 Å². The molecule has 0 saturated heterocycles. The maximum absolute atomic E-state index is 13.3. The Morgan fingerprint density at radius 2 is 1.94 bits per heavy atom. The number of halogens is 1. The van der Waals surface area contributed by atoms with Gasteiger partial charge in [-0.25, -0.2) is 24.3 Å². The van der Waals surface area contributed by atoms with E-state index in [0.717, 1.165) is 12.4 Å². The molecule has 1 amide bonds. The number of benzene rings is 1. The molecule has 0 saturated carbocycles. The number of carbonyl (C=O) groups is 1. The highest BCUT2D eigenvalue weighted by molar-refractivity contribution is 6.00. The SMILES string of the molecule is C=C/C=C(\N=CC)Nc1cc(Nc2cccc(-c3ncc(F)cn3)c2OC)c(C(=O)NC)cn1. The van der Waals surface area contributed by atoms with Crippen molar-refractivity contribution in [2.24, 2.45) is 4.99 Å². The smallest absolute Gasteiger partial charge is 0.254 e. The van der Waals surface area contributed by atoms with Crippen LogP contribution in [0.3, 0.4) is 0 Å². The van der Waals surface area contributed by atoms with Gasteiger partial charge < -0.3 is 20.7 Å².